The fourth-order valence-electron chi connectivity index (χ4n) is 9.89. The van der Waals surface area contributed by atoms with Gasteiger partial charge in [0.25, 0.3) is 0 Å². The maximum atomic E-state index is 16.4. The van der Waals surface area contributed by atoms with Crippen molar-refractivity contribution < 1.29 is 53.0 Å². The molecule has 4 fully saturated rings. The van der Waals surface area contributed by atoms with Crippen LogP contribution in [-0.4, -0.2) is 64.4 Å². The minimum atomic E-state index is -1.69. The highest BCUT2D eigenvalue weighted by molar-refractivity contribution is 6.01. The zero-order valence-corrected chi connectivity index (χ0v) is 27.0. The fraction of sp³-hybridized carbons (Fsp3) is 0.486. The van der Waals surface area contributed by atoms with E-state index >= 15 is 4.39 Å². The lowest BCUT2D eigenvalue weighted by atomic mass is 9.46. The van der Waals surface area contributed by atoms with Crippen molar-refractivity contribution in [2.75, 3.05) is 13.7 Å². The van der Waals surface area contributed by atoms with Crippen molar-refractivity contribution in [2.45, 2.75) is 70.2 Å². The summed E-state index contributed by atoms with van der Waals surface area (Å²) in [6, 6.07) is 9.10. The number of carboxylic acids is 1. The zero-order valence-electron chi connectivity index (χ0n) is 27.0. The lowest BCUT2D eigenvalue weighted by Gasteiger charge is -2.59. The number of carbonyl (C=O) groups excluding carboxylic acids is 2. The number of ether oxygens (including phenoxy) is 4. The summed E-state index contributed by atoms with van der Waals surface area (Å²) in [5.41, 5.74) is -1.94. The van der Waals surface area contributed by atoms with Gasteiger partial charge >= 0.3 is 5.97 Å². The number of benzene rings is 2. The fourth-order valence-corrected chi connectivity index (χ4v) is 9.89. The summed E-state index contributed by atoms with van der Waals surface area (Å²) in [7, 11) is 1.36. The molecular weight excluding hydrogens is 623 g/mol. The van der Waals surface area contributed by atoms with Crippen LogP contribution >= 0.6 is 0 Å². The van der Waals surface area contributed by atoms with Crippen molar-refractivity contribution in [3.05, 3.63) is 82.7 Å². The first-order valence-electron chi connectivity index (χ1n) is 16.3. The number of carboxylic acid groups (broad SMARTS) is 1. The van der Waals surface area contributed by atoms with Gasteiger partial charge in [0.05, 0.1) is 30.4 Å². The number of aromatic carboxylic acids is 1. The van der Waals surface area contributed by atoms with Gasteiger partial charge in [-0.3, -0.25) is 9.59 Å². The normalized spacial score (nSPS) is 36.4. The molecule has 7 rings (SSSR count). The molecule has 1 saturated heterocycles. The molecule has 0 unspecified atom stereocenters. The number of methoxy groups -OCH3 is 1. The molecule has 10 nitrogen and oxygen atoms in total. The van der Waals surface area contributed by atoms with Gasteiger partial charge in [0.2, 0.25) is 0 Å². The maximum Gasteiger partial charge on any atom is 0.336 e. The molecule has 0 spiro atoms. The minimum absolute atomic E-state index is 0.0262. The topological polar surface area (TPSA) is 149 Å². The molecule has 3 saturated carbocycles. The predicted molar refractivity (Wildman–Crippen MR) is 168 cm³/mol. The molecular formula is C37H39FO10. The van der Waals surface area contributed by atoms with Crippen LogP contribution in [0.4, 0.5) is 4.39 Å². The van der Waals surface area contributed by atoms with Gasteiger partial charge in [-0.15, -0.1) is 0 Å². The second-order valence-corrected chi connectivity index (χ2v) is 14.1. The van der Waals surface area contributed by atoms with Crippen LogP contribution in [0.15, 0.2) is 60.2 Å². The quantitative estimate of drug-likeness (QED) is 0.363. The van der Waals surface area contributed by atoms with E-state index in [1.165, 1.54) is 25.3 Å². The number of Topliss-reactive ketones (excluding diaryl/α,β-unsaturated/α-hetero) is 1. The van der Waals surface area contributed by atoms with E-state index in [0.717, 1.165) is 5.57 Å². The average molecular weight is 663 g/mol. The van der Waals surface area contributed by atoms with Crippen LogP contribution in [-0.2, 0) is 25.7 Å². The lowest BCUT2D eigenvalue weighted by molar-refractivity contribution is -0.201. The van der Waals surface area contributed by atoms with E-state index in [1.807, 2.05) is 13.0 Å². The standard InChI is InChI=1S/C37H39FO10/c1-35-13-12-21(40)14-20(35)8-9-23-24-15-29-37(28(42)17-39,36(24,2)16-25(41)31(23)35)48-34(47-29)30-26(45-3)10-11-27(32(30)38)46-18-19-6-4-5-7-22(19)33(43)44/h4-7,10-14,23-25,29,31,34,39,41H,8-9,15-18H2,1-3H3,(H,43,44)/t23-,24-,25-,29+,31+,34-,35-,36-,37+/m0/s1. The van der Waals surface area contributed by atoms with Crippen LogP contribution in [0.25, 0.3) is 0 Å². The first-order valence-corrected chi connectivity index (χ1v) is 16.3. The lowest BCUT2D eigenvalue weighted by Crippen LogP contribution is -2.63. The number of ketones is 2. The second kappa shape index (κ2) is 11.6. The van der Waals surface area contributed by atoms with Gasteiger partial charge < -0.3 is 34.3 Å². The summed E-state index contributed by atoms with van der Waals surface area (Å²) in [5, 5.41) is 31.7. The molecule has 1 aliphatic heterocycles. The molecule has 5 aliphatic rings. The highest BCUT2D eigenvalue weighted by Crippen LogP contribution is 2.70. The summed E-state index contributed by atoms with van der Waals surface area (Å²) in [5.74, 6) is -3.14. The molecule has 0 amide bonds. The van der Waals surface area contributed by atoms with Crippen LogP contribution in [0.5, 0.6) is 11.5 Å². The van der Waals surface area contributed by atoms with Gasteiger partial charge in [0, 0.05) is 22.3 Å². The van der Waals surface area contributed by atoms with Crippen molar-refractivity contribution in [3.8, 4) is 11.5 Å². The molecule has 2 aromatic rings. The van der Waals surface area contributed by atoms with Gasteiger partial charge in [-0.25, -0.2) is 9.18 Å². The van der Waals surface area contributed by atoms with Crippen LogP contribution in [0.1, 0.15) is 67.3 Å². The Morgan fingerprint density at radius 2 is 1.88 bits per heavy atom. The smallest absolute Gasteiger partial charge is 0.336 e. The monoisotopic (exact) mass is 662 g/mol. The Morgan fingerprint density at radius 1 is 1.12 bits per heavy atom. The highest BCUT2D eigenvalue weighted by atomic mass is 19.1. The van der Waals surface area contributed by atoms with Gasteiger partial charge in [-0.1, -0.05) is 43.7 Å². The number of allylic oxidation sites excluding steroid dienone is 4. The van der Waals surface area contributed by atoms with Crippen molar-refractivity contribution in [1.82, 2.24) is 0 Å². The van der Waals surface area contributed by atoms with Crippen LogP contribution in [0.3, 0.4) is 0 Å². The van der Waals surface area contributed by atoms with Crippen molar-refractivity contribution in [1.29, 1.82) is 0 Å². The first kappa shape index (κ1) is 32.6. The zero-order chi connectivity index (χ0) is 34.2. The third kappa shape index (κ3) is 4.54. The van der Waals surface area contributed by atoms with E-state index in [0.29, 0.717) is 24.8 Å². The van der Waals surface area contributed by atoms with Crippen LogP contribution in [0.2, 0.25) is 0 Å². The van der Waals surface area contributed by atoms with E-state index in [2.05, 4.69) is 6.92 Å². The summed E-state index contributed by atoms with van der Waals surface area (Å²) in [4.78, 5) is 37.8. The number of rotatable bonds is 8. The second-order valence-electron chi connectivity index (χ2n) is 14.1. The average Bonchev–Trinajstić information content (AvgIpc) is 3.56. The molecule has 9 atom stereocenters. The Labute approximate surface area is 277 Å². The predicted octanol–water partition coefficient (Wildman–Crippen LogP) is 4.71. The molecule has 0 aromatic heterocycles. The summed E-state index contributed by atoms with van der Waals surface area (Å²) in [6.07, 6.45) is 3.97. The van der Waals surface area contributed by atoms with Crippen LogP contribution in [0, 0.1) is 34.4 Å². The van der Waals surface area contributed by atoms with Crippen LogP contribution < -0.4 is 9.47 Å². The summed E-state index contributed by atoms with van der Waals surface area (Å²) in [6.45, 7) is 2.90. The van der Waals surface area contributed by atoms with Crippen molar-refractivity contribution in [2.24, 2.45) is 28.6 Å². The molecule has 48 heavy (non-hydrogen) atoms. The Bertz CT molecular complexity index is 1750. The SMILES string of the molecule is COc1ccc(OCc2ccccc2C(=O)O)c(F)c1[C@H]1O[C@@H]2C[C@H]3[C@@H]4CCC5=CC(=O)C=C[C@]5(C)[C@H]4[C@@H](O)C[C@]3(C)[C@]2(C(=O)CO)O1. The van der Waals surface area contributed by atoms with Gasteiger partial charge in [0.1, 0.15) is 19.0 Å². The van der Waals surface area contributed by atoms with E-state index < -0.39 is 59.1 Å². The number of carbonyl (C=O) groups is 3. The molecule has 3 N–H and O–H groups in total. The summed E-state index contributed by atoms with van der Waals surface area (Å²) >= 11 is 0. The van der Waals surface area contributed by atoms with E-state index in [-0.39, 0.29) is 59.2 Å². The molecule has 0 radical (unpaired) electrons. The van der Waals surface area contributed by atoms with E-state index in [9.17, 15) is 29.7 Å². The number of aliphatic hydroxyl groups excluding tert-OH is 2. The first-order chi connectivity index (χ1) is 22.9. The van der Waals surface area contributed by atoms with E-state index in [4.69, 9.17) is 18.9 Å². The Morgan fingerprint density at radius 3 is 2.60 bits per heavy atom. The number of hydrogen-bond donors (Lipinski definition) is 3. The molecule has 4 aliphatic carbocycles. The largest absolute Gasteiger partial charge is 0.496 e. The molecule has 2 aromatic carbocycles. The number of hydrogen-bond acceptors (Lipinski definition) is 9. The Balaban J connectivity index is 1.22. The van der Waals surface area contributed by atoms with Crippen molar-refractivity contribution in [3.63, 3.8) is 0 Å². The molecule has 254 valence electrons. The number of aliphatic hydroxyl groups is 2. The molecule has 11 heteroatoms. The Hall–Kier alpha value is -3.90. The molecule has 1 heterocycles. The summed E-state index contributed by atoms with van der Waals surface area (Å²) < 4.78 is 40.7. The van der Waals surface area contributed by atoms with E-state index in [1.54, 1.807) is 30.4 Å². The number of fused-ring (bicyclic) bond motifs is 7. The van der Waals surface area contributed by atoms with Gasteiger partial charge in [0.15, 0.2) is 35.0 Å². The minimum Gasteiger partial charge on any atom is -0.496 e. The third-order valence-electron chi connectivity index (χ3n) is 12.0. The van der Waals surface area contributed by atoms with Crippen molar-refractivity contribution >= 4 is 17.5 Å². The van der Waals surface area contributed by atoms with Gasteiger partial charge in [-0.2, -0.15) is 0 Å². The number of halogens is 1. The maximum absolute atomic E-state index is 16.4. The molecule has 0 bridgehead atoms. The van der Waals surface area contributed by atoms with Gasteiger partial charge in [-0.05, 0) is 67.9 Å². The highest BCUT2D eigenvalue weighted by Gasteiger charge is 2.76. The Kier molecular flexibility index (Phi) is 7.90. The third-order valence-corrected chi connectivity index (χ3v) is 12.0.